The quantitative estimate of drug-likeness (QED) is 0.813. The molecule has 0 aliphatic carbocycles. The van der Waals surface area contributed by atoms with E-state index >= 15 is 0 Å². The topological polar surface area (TPSA) is 35.5 Å². The number of rotatable bonds is 2. The molecular formula is C13H19FN2O. The molecule has 1 aromatic rings. The SMILES string of the molecule is CC1CNCC(CO)N(c2ccccc2F)C1. The van der Waals surface area contributed by atoms with E-state index in [1.165, 1.54) is 6.07 Å². The largest absolute Gasteiger partial charge is 0.394 e. The fourth-order valence-electron chi connectivity index (χ4n) is 2.30. The molecule has 1 heterocycles. The molecule has 17 heavy (non-hydrogen) atoms. The molecule has 1 fully saturated rings. The predicted molar refractivity (Wildman–Crippen MR) is 66.7 cm³/mol. The van der Waals surface area contributed by atoms with Crippen molar-refractivity contribution in [2.75, 3.05) is 31.1 Å². The molecule has 1 aromatic carbocycles. The van der Waals surface area contributed by atoms with E-state index in [4.69, 9.17) is 0 Å². The third-order valence-corrected chi connectivity index (χ3v) is 3.19. The molecule has 3 nitrogen and oxygen atoms in total. The molecule has 1 aliphatic rings. The average Bonchev–Trinajstić information content (AvgIpc) is 2.51. The molecule has 0 bridgehead atoms. The predicted octanol–water partition coefficient (Wildman–Crippen LogP) is 1.23. The summed E-state index contributed by atoms with van der Waals surface area (Å²) in [4.78, 5) is 1.97. The van der Waals surface area contributed by atoms with Gasteiger partial charge in [0.05, 0.1) is 18.3 Å². The second-order valence-electron chi connectivity index (χ2n) is 4.70. The van der Waals surface area contributed by atoms with Crippen LogP contribution in [0.2, 0.25) is 0 Å². The summed E-state index contributed by atoms with van der Waals surface area (Å²) >= 11 is 0. The van der Waals surface area contributed by atoms with Crippen molar-refractivity contribution in [3.05, 3.63) is 30.1 Å². The minimum atomic E-state index is -0.222. The van der Waals surface area contributed by atoms with E-state index in [1.807, 2.05) is 11.0 Å². The molecule has 94 valence electrons. The van der Waals surface area contributed by atoms with Crippen molar-refractivity contribution >= 4 is 5.69 Å². The zero-order valence-electron chi connectivity index (χ0n) is 10.1. The van der Waals surface area contributed by atoms with Crippen molar-refractivity contribution in [2.45, 2.75) is 13.0 Å². The molecular weight excluding hydrogens is 219 g/mol. The summed E-state index contributed by atoms with van der Waals surface area (Å²) in [6.07, 6.45) is 0. The summed E-state index contributed by atoms with van der Waals surface area (Å²) in [5.41, 5.74) is 0.585. The normalized spacial score (nSPS) is 25.7. The van der Waals surface area contributed by atoms with Gasteiger partial charge >= 0.3 is 0 Å². The third kappa shape index (κ3) is 2.76. The Balaban J connectivity index is 2.28. The van der Waals surface area contributed by atoms with Gasteiger partial charge in [-0.05, 0) is 24.6 Å². The Kier molecular flexibility index (Phi) is 3.97. The van der Waals surface area contributed by atoms with Gasteiger partial charge in [0.15, 0.2) is 0 Å². The second-order valence-corrected chi connectivity index (χ2v) is 4.70. The van der Waals surface area contributed by atoms with E-state index in [0.29, 0.717) is 18.2 Å². The van der Waals surface area contributed by atoms with Gasteiger partial charge < -0.3 is 15.3 Å². The molecule has 0 amide bonds. The number of halogens is 1. The summed E-state index contributed by atoms with van der Waals surface area (Å²) < 4.78 is 13.8. The molecule has 4 heteroatoms. The van der Waals surface area contributed by atoms with Crippen LogP contribution in [0, 0.1) is 11.7 Å². The number of nitrogens with one attached hydrogen (secondary N) is 1. The first-order valence-corrected chi connectivity index (χ1v) is 6.05. The average molecular weight is 238 g/mol. The van der Waals surface area contributed by atoms with Gasteiger partial charge in [-0.3, -0.25) is 0 Å². The van der Waals surface area contributed by atoms with E-state index < -0.39 is 0 Å². The van der Waals surface area contributed by atoms with E-state index in [0.717, 1.165) is 13.1 Å². The molecule has 1 aliphatic heterocycles. The zero-order valence-corrected chi connectivity index (χ0v) is 10.1. The van der Waals surface area contributed by atoms with Crippen LogP contribution in [0.25, 0.3) is 0 Å². The van der Waals surface area contributed by atoms with Gasteiger partial charge in [0, 0.05) is 13.1 Å². The van der Waals surface area contributed by atoms with Crippen LogP contribution in [0.5, 0.6) is 0 Å². The van der Waals surface area contributed by atoms with Crippen molar-refractivity contribution in [1.82, 2.24) is 5.32 Å². The second kappa shape index (κ2) is 5.47. The van der Waals surface area contributed by atoms with Gasteiger partial charge in [0.2, 0.25) is 0 Å². The first-order valence-electron chi connectivity index (χ1n) is 6.05. The number of hydrogen-bond acceptors (Lipinski definition) is 3. The Morgan fingerprint density at radius 3 is 2.88 bits per heavy atom. The fraction of sp³-hybridized carbons (Fsp3) is 0.538. The maximum atomic E-state index is 13.8. The lowest BCUT2D eigenvalue weighted by molar-refractivity contribution is 0.259. The molecule has 2 rings (SSSR count). The number of hydrogen-bond donors (Lipinski definition) is 2. The van der Waals surface area contributed by atoms with Crippen LogP contribution in [0.3, 0.4) is 0 Å². The maximum Gasteiger partial charge on any atom is 0.146 e. The van der Waals surface area contributed by atoms with Gasteiger partial charge in [-0.15, -0.1) is 0 Å². The highest BCUT2D eigenvalue weighted by Gasteiger charge is 2.25. The Bertz CT molecular complexity index is 372. The van der Waals surface area contributed by atoms with Crippen LogP contribution in [0.4, 0.5) is 10.1 Å². The fourth-order valence-corrected chi connectivity index (χ4v) is 2.30. The summed E-state index contributed by atoms with van der Waals surface area (Å²) in [5, 5.41) is 12.7. The maximum absolute atomic E-state index is 13.8. The Morgan fingerprint density at radius 2 is 2.18 bits per heavy atom. The van der Waals surface area contributed by atoms with Crippen LogP contribution in [-0.2, 0) is 0 Å². The lowest BCUT2D eigenvalue weighted by Gasteiger charge is -2.31. The Labute approximate surface area is 101 Å². The smallest absolute Gasteiger partial charge is 0.146 e. The first kappa shape index (κ1) is 12.3. The number of aliphatic hydroxyl groups excluding tert-OH is 1. The van der Waals surface area contributed by atoms with Gasteiger partial charge in [-0.2, -0.15) is 0 Å². The van der Waals surface area contributed by atoms with E-state index in [2.05, 4.69) is 12.2 Å². The molecule has 0 radical (unpaired) electrons. The summed E-state index contributed by atoms with van der Waals surface area (Å²) in [5.74, 6) is 0.214. The number of benzene rings is 1. The van der Waals surface area contributed by atoms with Gasteiger partial charge in [-0.1, -0.05) is 19.1 Å². The third-order valence-electron chi connectivity index (χ3n) is 3.19. The van der Waals surface area contributed by atoms with Crippen LogP contribution in [0.1, 0.15) is 6.92 Å². The summed E-state index contributed by atoms with van der Waals surface area (Å²) in [7, 11) is 0. The Morgan fingerprint density at radius 1 is 1.41 bits per heavy atom. The number of nitrogens with zero attached hydrogens (tertiary/aromatic N) is 1. The number of para-hydroxylation sites is 1. The van der Waals surface area contributed by atoms with Gasteiger partial charge in [0.25, 0.3) is 0 Å². The highest BCUT2D eigenvalue weighted by atomic mass is 19.1. The zero-order chi connectivity index (χ0) is 12.3. The van der Waals surface area contributed by atoms with Gasteiger partial charge in [0.1, 0.15) is 5.82 Å². The van der Waals surface area contributed by atoms with E-state index in [-0.39, 0.29) is 18.5 Å². The molecule has 2 N–H and O–H groups in total. The molecule has 0 saturated carbocycles. The minimum absolute atomic E-state index is 0.0358. The highest BCUT2D eigenvalue weighted by Crippen LogP contribution is 2.23. The molecule has 1 saturated heterocycles. The molecule has 2 atom stereocenters. The van der Waals surface area contributed by atoms with Crippen LogP contribution in [0.15, 0.2) is 24.3 Å². The van der Waals surface area contributed by atoms with Crippen LogP contribution in [-0.4, -0.2) is 37.4 Å². The molecule has 0 spiro atoms. The molecule has 0 aromatic heterocycles. The van der Waals surface area contributed by atoms with Crippen molar-refractivity contribution in [3.8, 4) is 0 Å². The minimum Gasteiger partial charge on any atom is -0.394 e. The van der Waals surface area contributed by atoms with Crippen molar-refractivity contribution < 1.29 is 9.50 Å². The monoisotopic (exact) mass is 238 g/mol. The van der Waals surface area contributed by atoms with Crippen LogP contribution >= 0.6 is 0 Å². The van der Waals surface area contributed by atoms with Gasteiger partial charge in [-0.25, -0.2) is 4.39 Å². The van der Waals surface area contributed by atoms with E-state index in [1.54, 1.807) is 12.1 Å². The number of aliphatic hydroxyl groups is 1. The lowest BCUT2D eigenvalue weighted by Crippen LogP contribution is -2.43. The van der Waals surface area contributed by atoms with Crippen molar-refractivity contribution in [3.63, 3.8) is 0 Å². The Hall–Kier alpha value is -1.13. The van der Waals surface area contributed by atoms with E-state index in [9.17, 15) is 9.50 Å². The standard InChI is InChI=1S/C13H19FN2O/c1-10-6-15-7-11(9-17)16(8-10)13-5-3-2-4-12(13)14/h2-5,10-11,15,17H,6-9H2,1H3. The van der Waals surface area contributed by atoms with Crippen LogP contribution < -0.4 is 10.2 Å². The summed E-state index contributed by atoms with van der Waals surface area (Å²) in [6.45, 7) is 4.52. The highest BCUT2D eigenvalue weighted by molar-refractivity contribution is 5.49. The summed E-state index contributed by atoms with van der Waals surface area (Å²) in [6, 6.07) is 6.70. The first-order chi connectivity index (χ1) is 8.22. The molecule has 2 unspecified atom stereocenters. The van der Waals surface area contributed by atoms with Crippen molar-refractivity contribution in [1.29, 1.82) is 0 Å². The lowest BCUT2D eigenvalue weighted by atomic mass is 10.1. The number of anilines is 1. The van der Waals surface area contributed by atoms with Crippen molar-refractivity contribution in [2.24, 2.45) is 5.92 Å².